The zero-order chi connectivity index (χ0) is 12.3. The first-order valence-corrected chi connectivity index (χ1v) is 6.50. The second-order valence-electron chi connectivity index (χ2n) is 3.86. The SMILES string of the molecule is Cc1ccc(CN)cc1Oc1ccc(I)cc1. The maximum Gasteiger partial charge on any atom is 0.130 e. The molecule has 0 radical (unpaired) electrons. The van der Waals surface area contributed by atoms with E-state index in [0.29, 0.717) is 6.54 Å². The van der Waals surface area contributed by atoms with Crippen LogP contribution in [0.3, 0.4) is 0 Å². The van der Waals surface area contributed by atoms with Gasteiger partial charge in [-0.3, -0.25) is 0 Å². The van der Waals surface area contributed by atoms with E-state index < -0.39 is 0 Å². The van der Waals surface area contributed by atoms with Crippen LogP contribution in [0, 0.1) is 10.5 Å². The van der Waals surface area contributed by atoms with Gasteiger partial charge in [-0.2, -0.15) is 0 Å². The average Bonchev–Trinajstić information content (AvgIpc) is 2.35. The summed E-state index contributed by atoms with van der Waals surface area (Å²) in [5, 5.41) is 0. The van der Waals surface area contributed by atoms with E-state index in [9.17, 15) is 0 Å². The fourth-order valence-electron chi connectivity index (χ4n) is 1.51. The zero-order valence-electron chi connectivity index (χ0n) is 9.61. The highest BCUT2D eigenvalue weighted by atomic mass is 127. The second-order valence-corrected chi connectivity index (χ2v) is 5.11. The summed E-state index contributed by atoms with van der Waals surface area (Å²) in [4.78, 5) is 0. The zero-order valence-corrected chi connectivity index (χ0v) is 11.8. The van der Waals surface area contributed by atoms with Gasteiger partial charge < -0.3 is 10.5 Å². The minimum atomic E-state index is 0.531. The number of halogens is 1. The van der Waals surface area contributed by atoms with E-state index in [2.05, 4.69) is 22.6 Å². The summed E-state index contributed by atoms with van der Waals surface area (Å²) < 4.78 is 7.04. The van der Waals surface area contributed by atoms with Crippen molar-refractivity contribution in [2.24, 2.45) is 5.73 Å². The van der Waals surface area contributed by atoms with Crippen molar-refractivity contribution in [3.63, 3.8) is 0 Å². The van der Waals surface area contributed by atoms with E-state index in [0.717, 1.165) is 22.6 Å². The van der Waals surface area contributed by atoms with E-state index in [1.807, 2.05) is 49.4 Å². The van der Waals surface area contributed by atoms with Crippen LogP contribution in [0.25, 0.3) is 0 Å². The molecule has 0 spiro atoms. The van der Waals surface area contributed by atoms with Gasteiger partial charge in [0.2, 0.25) is 0 Å². The van der Waals surface area contributed by atoms with Gasteiger partial charge in [-0.15, -0.1) is 0 Å². The Morgan fingerprint density at radius 3 is 2.47 bits per heavy atom. The van der Waals surface area contributed by atoms with Crippen molar-refractivity contribution in [2.45, 2.75) is 13.5 Å². The molecule has 0 saturated heterocycles. The molecule has 2 aromatic rings. The number of rotatable bonds is 3. The maximum absolute atomic E-state index is 5.85. The molecule has 0 aromatic heterocycles. The van der Waals surface area contributed by atoms with Crippen LogP contribution >= 0.6 is 22.6 Å². The molecule has 2 N–H and O–H groups in total. The summed E-state index contributed by atoms with van der Waals surface area (Å²) >= 11 is 2.27. The highest BCUT2D eigenvalue weighted by Crippen LogP contribution is 2.26. The first-order chi connectivity index (χ1) is 8.19. The first kappa shape index (κ1) is 12.4. The lowest BCUT2D eigenvalue weighted by molar-refractivity contribution is 0.478. The molecule has 2 nitrogen and oxygen atoms in total. The van der Waals surface area contributed by atoms with Gasteiger partial charge in [0.15, 0.2) is 0 Å². The molecule has 17 heavy (non-hydrogen) atoms. The largest absolute Gasteiger partial charge is 0.457 e. The molecule has 0 fully saturated rings. The summed E-state index contributed by atoms with van der Waals surface area (Å²) in [6, 6.07) is 14.0. The smallest absolute Gasteiger partial charge is 0.130 e. The van der Waals surface area contributed by atoms with Gasteiger partial charge in [-0.25, -0.2) is 0 Å². The molecule has 0 atom stereocenters. The molecule has 2 aromatic carbocycles. The van der Waals surface area contributed by atoms with Crippen molar-refractivity contribution in [2.75, 3.05) is 0 Å². The molecule has 0 aliphatic carbocycles. The molecule has 0 aliphatic rings. The predicted molar refractivity (Wildman–Crippen MR) is 78.3 cm³/mol. The molecular weight excluding hydrogens is 325 g/mol. The van der Waals surface area contributed by atoms with Gasteiger partial charge in [0.05, 0.1) is 0 Å². The average molecular weight is 339 g/mol. The van der Waals surface area contributed by atoms with Crippen molar-refractivity contribution >= 4 is 22.6 Å². The van der Waals surface area contributed by atoms with Crippen LogP contribution in [0.1, 0.15) is 11.1 Å². The van der Waals surface area contributed by atoms with E-state index in [-0.39, 0.29) is 0 Å². The Morgan fingerprint density at radius 2 is 1.82 bits per heavy atom. The summed E-state index contributed by atoms with van der Waals surface area (Å²) in [6.45, 7) is 2.56. The Morgan fingerprint density at radius 1 is 1.12 bits per heavy atom. The number of hydrogen-bond acceptors (Lipinski definition) is 2. The predicted octanol–water partition coefficient (Wildman–Crippen LogP) is 3.85. The monoisotopic (exact) mass is 339 g/mol. The maximum atomic E-state index is 5.85. The Bertz CT molecular complexity index is 508. The number of hydrogen-bond donors (Lipinski definition) is 1. The topological polar surface area (TPSA) is 35.2 Å². The lowest BCUT2D eigenvalue weighted by Crippen LogP contribution is -1.97. The Hall–Kier alpha value is -1.07. The minimum Gasteiger partial charge on any atom is -0.457 e. The number of nitrogens with two attached hydrogens (primary N) is 1. The van der Waals surface area contributed by atoms with Gasteiger partial charge in [0.1, 0.15) is 11.5 Å². The Balaban J connectivity index is 2.25. The Labute approximate surface area is 115 Å². The summed E-state index contributed by atoms with van der Waals surface area (Å²) in [6.07, 6.45) is 0. The molecule has 0 bridgehead atoms. The van der Waals surface area contributed by atoms with Crippen molar-refractivity contribution in [1.29, 1.82) is 0 Å². The lowest BCUT2D eigenvalue weighted by Gasteiger charge is -2.10. The fraction of sp³-hybridized carbons (Fsp3) is 0.143. The van der Waals surface area contributed by atoms with Gasteiger partial charge >= 0.3 is 0 Å². The highest BCUT2D eigenvalue weighted by molar-refractivity contribution is 14.1. The molecule has 0 unspecified atom stereocenters. The van der Waals surface area contributed by atoms with Crippen molar-refractivity contribution in [1.82, 2.24) is 0 Å². The van der Waals surface area contributed by atoms with Crippen LogP contribution < -0.4 is 10.5 Å². The number of benzene rings is 2. The molecule has 0 amide bonds. The van der Waals surface area contributed by atoms with Crippen LogP contribution in [-0.4, -0.2) is 0 Å². The summed E-state index contributed by atoms with van der Waals surface area (Å²) in [5.74, 6) is 1.72. The van der Waals surface area contributed by atoms with Crippen LogP contribution in [-0.2, 0) is 6.54 Å². The summed E-state index contributed by atoms with van der Waals surface area (Å²) in [5.41, 5.74) is 7.82. The number of ether oxygens (including phenoxy) is 1. The van der Waals surface area contributed by atoms with Gasteiger partial charge in [-0.1, -0.05) is 12.1 Å². The third-order valence-corrected chi connectivity index (χ3v) is 3.25. The van der Waals surface area contributed by atoms with Gasteiger partial charge in [0, 0.05) is 10.1 Å². The molecule has 0 heterocycles. The van der Waals surface area contributed by atoms with Crippen molar-refractivity contribution in [3.05, 3.63) is 57.2 Å². The van der Waals surface area contributed by atoms with Crippen molar-refractivity contribution < 1.29 is 4.74 Å². The molecule has 0 saturated carbocycles. The quantitative estimate of drug-likeness (QED) is 0.862. The van der Waals surface area contributed by atoms with E-state index in [1.54, 1.807) is 0 Å². The van der Waals surface area contributed by atoms with Crippen molar-refractivity contribution in [3.8, 4) is 11.5 Å². The minimum absolute atomic E-state index is 0.531. The number of aryl methyl sites for hydroxylation is 1. The summed E-state index contributed by atoms with van der Waals surface area (Å²) in [7, 11) is 0. The Kier molecular flexibility index (Phi) is 4.02. The standard InChI is InChI=1S/C14H14INO/c1-10-2-3-11(9-16)8-14(10)17-13-6-4-12(15)5-7-13/h2-8H,9,16H2,1H3. The third kappa shape index (κ3) is 3.20. The van der Waals surface area contributed by atoms with E-state index in [1.165, 1.54) is 3.57 Å². The fourth-order valence-corrected chi connectivity index (χ4v) is 1.87. The third-order valence-electron chi connectivity index (χ3n) is 2.53. The molecule has 3 heteroatoms. The lowest BCUT2D eigenvalue weighted by atomic mass is 10.1. The first-order valence-electron chi connectivity index (χ1n) is 5.42. The van der Waals surface area contributed by atoms with Gasteiger partial charge in [0.25, 0.3) is 0 Å². The van der Waals surface area contributed by atoms with Gasteiger partial charge in [-0.05, 0) is 71.0 Å². The molecule has 2 rings (SSSR count). The van der Waals surface area contributed by atoms with Crippen LogP contribution in [0.4, 0.5) is 0 Å². The molecule has 88 valence electrons. The second kappa shape index (κ2) is 5.51. The molecular formula is C14H14INO. The highest BCUT2D eigenvalue weighted by Gasteiger charge is 2.02. The van der Waals surface area contributed by atoms with E-state index in [4.69, 9.17) is 10.5 Å². The van der Waals surface area contributed by atoms with Crippen LogP contribution in [0.5, 0.6) is 11.5 Å². The molecule has 0 aliphatic heterocycles. The van der Waals surface area contributed by atoms with Crippen LogP contribution in [0.2, 0.25) is 0 Å². The normalized spacial score (nSPS) is 10.3. The van der Waals surface area contributed by atoms with Crippen LogP contribution in [0.15, 0.2) is 42.5 Å². The van der Waals surface area contributed by atoms with E-state index >= 15 is 0 Å².